The normalized spacial score (nSPS) is 22.7. The molecule has 4 heteroatoms. The largest absolute Gasteiger partial charge is 0.508 e. The van der Waals surface area contributed by atoms with Crippen LogP contribution in [0, 0.1) is 0 Å². The number of phenolic OH excluding ortho intramolecular Hbond substituents is 1. The number of likely N-dealkylation sites (N-methyl/N-ethyl adjacent to an activating group) is 1. The second kappa shape index (κ2) is 6.25. The summed E-state index contributed by atoms with van der Waals surface area (Å²) in [6, 6.07) is 6.54. The zero-order valence-electron chi connectivity index (χ0n) is 11.9. The molecule has 0 aliphatic carbocycles. The Morgan fingerprint density at radius 3 is 2.84 bits per heavy atom. The van der Waals surface area contributed by atoms with E-state index in [2.05, 4.69) is 46.7 Å². The molecular weight excluding hydrogens is 304 g/mol. The van der Waals surface area contributed by atoms with Gasteiger partial charge < -0.3 is 10.0 Å². The second-order valence-corrected chi connectivity index (χ2v) is 6.55. The molecule has 1 heterocycles. The Morgan fingerprint density at radius 1 is 1.42 bits per heavy atom. The molecule has 0 spiro atoms. The quantitative estimate of drug-likeness (QED) is 0.923. The van der Waals surface area contributed by atoms with E-state index in [-0.39, 0.29) is 6.04 Å². The van der Waals surface area contributed by atoms with Gasteiger partial charge in [-0.3, -0.25) is 4.90 Å². The zero-order valence-corrected chi connectivity index (χ0v) is 13.5. The maximum atomic E-state index is 10.1. The van der Waals surface area contributed by atoms with E-state index in [1.54, 1.807) is 6.07 Å². The van der Waals surface area contributed by atoms with E-state index >= 15 is 0 Å². The summed E-state index contributed by atoms with van der Waals surface area (Å²) in [5.41, 5.74) is 1.01. The number of aromatic hydroxyl groups is 1. The fourth-order valence-electron chi connectivity index (χ4n) is 2.81. The Bertz CT molecular complexity index is 436. The van der Waals surface area contributed by atoms with Crippen LogP contribution in [0.5, 0.6) is 5.75 Å². The van der Waals surface area contributed by atoms with Gasteiger partial charge in [0.1, 0.15) is 5.75 Å². The van der Waals surface area contributed by atoms with Crippen molar-refractivity contribution in [2.45, 2.75) is 31.8 Å². The molecule has 0 bridgehead atoms. The molecule has 3 nitrogen and oxygen atoms in total. The lowest BCUT2D eigenvalue weighted by atomic mass is 9.99. The van der Waals surface area contributed by atoms with Crippen molar-refractivity contribution in [1.82, 2.24) is 9.80 Å². The molecule has 0 aromatic heterocycles. The van der Waals surface area contributed by atoms with Gasteiger partial charge in [0.05, 0.1) is 0 Å². The van der Waals surface area contributed by atoms with Crippen molar-refractivity contribution in [2.75, 3.05) is 27.2 Å². The van der Waals surface area contributed by atoms with Gasteiger partial charge in [0.2, 0.25) is 0 Å². The van der Waals surface area contributed by atoms with Gasteiger partial charge in [0, 0.05) is 28.7 Å². The highest BCUT2D eigenvalue weighted by Gasteiger charge is 2.26. The highest BCUT2D eigenvalue weighted by molar-refractivity contribution is 9.10. The van der Waals surface area contributed by atoms with Crippen LogP contribution in [0.1, 0.15) is 31.4 Å². The van der Waals surface area contributed by atoms with Crippen LogP contribution in [0.25, 0.3) is 0 Å². The Hall–Kier alpha value is -0.580. The van der Waals surface area contributed by atoms with Gasteiger partial charge in [-0.05, 0) is 58.6 Å². The van der Waals surface area contributed by atoms with Gasteiger partial charge in [-0.25, -0.2) is 0 Å². The first-order valence-corrected chi connectivity index (χ1v) is 7.67. The van der Waals surface area contributed by atoms with Crippen LogP contribution < -0.4 is 0 Å². The van der Waals surface area contributed by atoms with Gasteiger partial charge in [-0.1, -0.05) is 15.9 Å². The third kappa shape index (κ3) is 3.50. The number of likely N-dealkylation sites (tertiary alicyclic amines) is 1. The van der Waals surface area contributed by atoms with Gasteiger partial charge in [0.25, 0.3) is 0 Å². The van der Waals surface area contributed by atoms with Crippen molar-refractivity contribution in [1.29, 1.82) is 0 Å². The maximum absolute atomic E-state index is 10.1. The molecule has 2 unspecified atom stereocenters. The van der Waals surface area contributed by atoms with Crippen molar-refractivity contribution in [3.63, 3.8) is 0 Å². The summed E-state index contributed by atoms with van der Waals surface area (Å²) in [6.07, 6.45) is 2.49. The molecular formula is C15H23BrN2O. The molecule has 1 N–H and O–H groups in total. The molecule has 1 saturated heterocycles. The first-order chi connectivity index (χ1) is 8.99. The molecule has 2 atom stereocenters. The summed E-state index contributed by atoms with van der Waals surface area (Å²) in [5, 5.41) is 10.1. The predicted octanol–water partition coefficient (Wildman–Crippen LogP) is 3.24. The standard InChI is InChI=1S/C15H23BrN2O/c1-11(14-9-12(16)6-7-15(14)19)18-8-4-5-13(10-18)17(2)3/h6-7,9,11,13,19H,4-5,8,10H2,1-3H3. The summed E-state index contributed by atoms with van der Waals surface area (Å²) in [4.78, 5) is 4.77. The number of nitrogens with zero attached hydrogens (tertiary/aromatic N) is 2. The van der Waals surface area contributed by atoms with Gasteiger partial charge >= 0.3 is 0 Å². The van der Waals surface area contributed by atoms with Crippen molar-refractivity contribution < 1.29 is 5.11 Å². The fourth-order valence-corrected chi connectivity index (χ4v) is 3.19. The summed E-state index contributed by atoms with van der Waals surface area (Å²) < 4.78 is 1.02. The average molecular weight is 327 g/mol. The van der Waals surface area contributed by atoms with Crippen molar-refractivity contribution in [3.8, 4) is 5.75 Å². The lowest BCUT2D eigenvalue weighted by Gasteiger charge is -2.39. The maximum Gasteiger partial charge on any atom is 0.120 e. The molecule has 1 aliphatic heterocycles. The van der Waals surface area contributed by atoms with Gasteiger partial charge in [-0.2, -0.15) is 0 Å². The van der Waals surface area contributed by atoms with E-state index in [0.717, 1.165) is 23.1 Å². The van der Waals surface area contributed by atoms with Crippen LogP contribution in [0.15, 0.2) is 22.7 Å². The molecule has 1 aromatic carbocycles. The minimum Gasteiger partial charge on any atom is -0.508 e. The van der Waals surface area contributed by atoms with E-state index in [4.69, 9.17) is 0 Å². The van der Waals surface area contributed by atoms with E-state index < -0.39 is 0 Å². The van der Waals surface area contributed by atoms with E-state index in [0.29, 0.717) is 11.8 Å². The number of rotatable bonds is 3. The number of piperidine rings is 1. The molecule has 106 valence electrons. The summed E-state index contributed by atoms with van der Waals surface area (Å²) >= 11 is 3.49. The van der Waals surface area contributed by atoms with Gasteiger partial charge in [0.15, 0.2) is 0 Å². The Balaban J connectivity index is 2.14. The fraction of sp³-hybridized carbons (Fsp3) is 0.600. The van der Waals surface area contributed by atoms with E-state index in [9.17, 15) is 5.11 Å². The number of hydrogen-bond donors (Lipinski definition) is 1. The van der Waals surface area contributed by atoms with E-state index in [1.165, 1.54) is 12.8 Å². The third-order valence-electron chi connectivity index (χ3n) is 4.15. The van der Waals surface area contributed by atoms with Crippen molar-refractivity contribution in [2.24, 2.45) is 0 Å². The van der Waals surface area contributed by atoms with E-state index in [1.807, 2.05) is 12.1 Å². The first-order valence-electron chi connectivity index (χ1n) is 6.88. The van der Waals surface area contributed by atoms with Crippen LogP contribution in [-0.2, 0) is 0 Å². The highest BCUT2D eigenvalue weighted by atomic mass is 79.9. The van der Waals surface area contributed by atoms with Crippen LogP contribution in [-0.4, -0.2) is 48.1 Å². The molecule has 0 radical (unpaired) electrons. The predicted molar refractivity (Wildman–Crippen MR) is 82.5 cm³/mol. The number of hydrogen-bond acceptors (Lipinski definition) is 3. The molecule has 1 aliphatic rings. The Morgan fingerprint density at radius 2 is 2.16 bits per heavy atom. The second-order valence-electron chi connectivity index (χ2n) is 5.63. The molecule has 0 saturated carbocycles. The number of phenols is 1. The molecule has 19 heavy (non-hydrogen) atoms. The van der Waals surface area contributed by atoms with Crippen LogP contribution in [0.2, 0.25) is 0 Å². The Kier molecular flexibility index (Phi) is 4.87. The summed E-state index contributed by atoms with van der Waals surface area (Å²) in [6.45, 7) is 4.36. The van der Waals surface area contributed by atoms with Crippen LogP contribution in [0.4, 0.5) is 0 Å². The molecule has 1 fully saturated rings. The monoisotopic (exact) mass is 326 g/mol. The lowest BCUT2D eigenvalue weighted by molar-refractivity contribution is 0.101. The summed E-state index contributed by atoms with van der Waals surface area (Å²) in [5.74, 6) is 0.391. The van der Waals surface area contributed by atoms with Crippen molar-refractivity contribution >= 4 is 15.9 Å². The third-order valence-corrected chi connectivity index (χ3v) is 4.64. The topological polar surface area (TPSA) is 26.7 Å². The number of benzene rings is 1. The molecule has 2 rings (SSSR count). The zero-order chi connectivity index (χ0) is 14.0. The van der Waals surface area contributed by atoms with Gasteiger partial charge in [-0.15, -0.1) is 0 Å². The smallest absolute Gasteiger partial charge is 0.120 e. The van der Waals surface area contributed by atoms with Crippen LogP contribution in [0.3, 0.4) is 0 Å². The van der Waals surface area contributed by atoms with Crippen LogP contribution >= 0.6 is 15.9 Å². The molecule has 0 amide bonds. The lowest BCUT2D eigenvalue weighted by Crippen LogP contribution is -2.45. The SMILES string of the molecule is CC(c1cc(Br)ccc1O)N1CCCC(N(C)C)C1. The summed E-state index contributed by atoms with van der Waals surface area (Å²) in [7, 11) is 4.30. The average Bonchev–Trinajstić information content (AvgIpc) is 2.41. The molecule has 1 aromatic rings. The highest BCUT2D eigenvalue weighted by Crippen LogP contribution is 2.32. The van der Waals surface area contributed by atoms with Crippen molar-refractivity contribution in [3.05, 3.63) is 28.2 Å². The minimum absolute atomic E-state index is 0.250. The Labute approximate surface area is 124 Å². The number of halogens is 1. The minimum atomic E-state index is 0.250. The first kappa shape index (κ1) is 14.8.